The van der Waals surface area contributed by atoms with Crippen LogP contribution in [0.1, 0.15) is 23.2 Å². The summed E-state index contributed by atoms with van der Waals surface area (Å²) in [7, 11) is 2.12. The van der Waals surface area contributed by atoms with Crippen LogP contribution in [0.3, 0.4) is 0 Å². The van der Waals surface area contributed by atoms with Crippen molar-refractivity contribution >= 4 is 16.8 Å². The van der Waals surface area contributed by atoms with Gasteiger partial charge in [0.1, 0.15) is 5.82 Å². The number of carbonyl (C=O) groups is 1. The molecule has 3 aromatic rings. The summed E-state index contributed by atoms with van der Waals surface area (Å²) in [6, 6.07) is 14.8. The Morgan fingerprint density at radius 2 is 2.08 bits per heavy atom. The molecule has 0 saturated carbocycles. The molecule has 0 spiro atoms. The van der Waals surface area contributed by atoms with Crippen LogP contribution in [0.5, 0.6) is 0 Å². The van der Waals surface area contributed by atoms with Crippen molar-refractivity contribution in [2.75, 3.05) is 0 Å². The average molecular weight is 336 g/mol. The SMILES string of the molecule is Cn1c2c(c3ccccc31)CC(NC(=O)Cc1cccc(F)c1)CC2. The number of amides is 1. The van der Waals surface area contributed by atoms with Gasteiger partial charge in [0.05, 0.1) is 6.42 Å². The maximum Gasteiger partial charge on any atom is 0.224 e. The Labute approximate surface area is 146 Å². The zero-order chi connectivity index (χ0) is 17.4. The predicted molar refractivity (Wildman–Crippen MR) is 97.0 cm³/mol. The number of para-hydroxylation sites is 1. The molecular weight excluding hydrogens is 315 g/mol. The number of nitrogens with one attached hydrogen (secondary N) is 1. The van der Waals surface area contributed by atoms with E-state index in [2.05, 4.69) is 41.2 Å². The van der Waals surface area contributed by atoms with Gasteiger partial charge >= 0.3 is 0 Å². The van der Waals surface area contributed by atoms with Gasteiger partial charge in [-0.15, -0.1) is 0 Å². The fourth-order valence-corrected chi connectivity index (χ4v) is 3.96. The summed E-state index contributed by atoms with van der Waals surface area (Å²) in [4.78, 5) is 12.3. The second-order valence-corrected chi connectivity index (χ2v) is 6.82. The highest BCUT2D eigenvalue weighted by atomic mass is 19.1. The van der Waals surface area contributed by atoms with Crippen LogP contribution in [0.15, 0.2) is 48.5 Å². The number of aromatic nitrogens is 1. The fourth-order valence-electron chi connectivity index (χ4n) is 3.96. The third-order valence-electron chi connectivity index (χ3n) is 5.14. The number of rotatable bonds is 3. The Hall–Kier alpha value is -2.62. The molecule has 1 N–H and O–H groups in total. The van der Waals surface area contributed by atoms with Gasteiger partial charge in [-0.05, 0) is 48.6 Å². The fraction of sp³-hybridized carbons (Fsp3) is 0.286. The molecule has 1 aliphatic rings. The van der Waals surface area contributed by atoms with Crippen molar-refractivity contribution < 1.29 is 9.18 Å². The summed E-state index contributed by atoms with van der Waals surface area (Å²) in [6.07, 6.45) is 2.97. The highest BCUT2D eigenvalue weighted by molar-refractivity contribution is 5.86. The monoisotopic (exact) mass is 336 g/mol. The van der Waals surface area contributed by atoms with E-state index >= 15 is 0 Å². The van der Waals surface area contributed by atoms with Gasteiger partial charge in [-0.1, -0.05) is 30.3 Å². The number of hydrogen-bond donors (Lipinski definition) is 1. The van der Waals surface area contributed by atoms with Gasteiger partial charge in [-0.25, -0.2) is 4.39 Å². The molecule has 0 fully saturated rings. The van der Waals surface area contributed by atoms with Crippen molar-refractivity contribution in [1.29, 1.82) is 0 Å². The van der Waals surface area contributed by atoms with Crippen molar-refractivity contribution in [3.8, 4) is 0 Å². The Bertz CT molecular complexity index is 944. The third-order valence-corrected chi connectivity index (χ3v) is 5.14. The first-order valence-electron chi connectivity index (χ1n) is 8.71. The minimum atomic E-state index is -0.302. The van der Waals surface area contributed by atoms with E-state index in [4.69, 9.17) is 0 Å². The van der Waals surface area contributed by atoms with E-state index in [0.29, 0.717) is 5.56 Å². The number of aryl methyl sites for hydroxylation is 1. The lowest BCUT2D eigenvalue weighted by Crippen LogP contribution is -2.39. The van der Waals surface area contributed by atoms with Crippen LogP contribution in [-0.4, -0.2) is 16.5 Å². The quantitative estimate of drug-likeness (QED) is 0.780. The van der Waals surface area contributed by atoms with Crippen molar-refractivity contribution in [2.24, 2.45) is 7.05 Å². The normalized spacial score (nSPS) is 16.6. The van der Waals surface area contributed by atoms with Crippen molar-refractivity contribution in [3.05, 3.63) is 71.2 Å². The first-order valence-corrected chi connectivity index (χ1v) is 8.71. The summed E-state index contributed by atoms with van der Waals surface area (Å²) in [5, 5.41) is 4.41. The lowest BCUT2D eigenvalue weighted by Gasteiger charge is -2.24. The number of nitrogens with zero attached hydrogens (tertiary/aromatic N) is 1. The molecule has 1 heterocycles. The number of fused-ring (bicyclic) bond motifs is 3. The van der Waals surface area contributed by atoms with Crippen LogP contribution < -0.4 is 5.32 Å². The molecule has 1 aromatic heterocycles. The van der Waals surface area contributed by atoms with Crippen LogP contribution in [-0.2, 0) is 31.1 Å². The van der Waals surface area contributed by atoms with Gasteiger partial charge in [0.15, 0.2) is 0 Å². The van der Waals surface area contributed by atoms with E-state index in [0.717, 1.165) is 19.3 Å². The van der Waals surface area contributed by atoms with E-state index in [1.54, 1.807) is 12.1 Å². The summed E-state index contributed by atoms with van der Waals surface area (Å²) in [5.41, 5.74) is 4.68. The molecule has 1 amide bonds. The Morgan fingerprint density at radius 3 is 2.92 bits per heavy atom. The van der Waals surface area contributed by atoms with E-state index in [1.165, 1.54) is 34.3 Å². The van der Waals surface area contributed by atoms with E-state index in [9.17, 15) is 9.18 Å². The number of benzene rings is 2. The van der Waals surface area contributed by atoms with Crippen LogP contribution in [0.4, 0.5) is 4.39 Å². The lowest BCUT2D eigenvalue weighted by atomic mass is 9.91. The second kappa shape index (κ2) is 6.36. The van der Waals surface area contributed by atoms with Crippen LogP contribution >= 0.6 is 0 Å². The number of hydrogen-bond acceptors (Lipinski definition) is 1. The molecule has 2 aromatic carbocycles. The van der Waals surface area contributed by atoms with Gasteiger partial charge in [-0.2, -0.15) is 0 Å². The zero-order valence-electron chi connectivity index (χ0n) is 14.3. The average Bonchev–Trinajstić information content (AvgIpc) is 2.88. The highest BCUT2D eigenvalue weighted by Crippen LogP contribution is 2.31. The highest BCUT2D eigenvalue weighted by Gasteiger charge is 2.25. The van der Waals surface area contributed by atoms with Gasteiger partial charge in [0.2, 0.25) is 5.91 Å². The van der Waals surface area contributed by atoms with Crippen molar-refractivity contribution in [3.63, 3.8) is 0 Å². The van der Waals surface area contributed by atoms with Crippen LogP contribution in [0.2, 0.25) is 0 Å². The van der Waals surface area contributed by atoms with E-state index in [1.807, 2.05) is 0 Å². The molecule has 0 radical (unpaired) electrons. The summed E-state index contributed by atoms with van der Waals surface area (Å²) in [5.74, 6) is -0.345. The maximum absolute atomic E-state index is 13.3. The minimum absolute atomic E-state index is 0.0423. The van der Waals surface area contributed by atoms with Gasteiger partial charge in [0, 0.05) is 29.7 Å². The molecule has 0 aliphatic heterocycles. The van der Waals surface area contributed by atoms with E-state index < -0.39 is 0 Å². The Balaban J connectivity index is 1.49. The smallest absolute Gasteiger partial charge is 0.224 e. The van der Waals surface area contributed by atoms with Crippen molar-refractivity contribution in [1.82, 2.24) is 9.88 Å². The molecule has 1 unspecified atom stereocenters. The molecule has 3 nitrogen and oxygen atoms in total. The van der Waals surface area contributed by atoms with Gasteiger partial charge in [0.25, 0.3) is 0 Å². The first-order chi connectivity index (χ1) is 12.1. The largest absolute Gasteiger partial charge is 0.353 e. The summed E-state index contributed by atoms with van der Waals surface area (Å²) < 4.78 is 15.5. The lowest BCUT2D eigenvalue weighted by molar-refractivity contribution is -0.121. The molecule has 1 atom stereocenters. The van der Waals surface area contributed by atoms with Gasteiger partial charge in [-0.3, -0.25) is 4.79 Å². The minimum Gasteiger partial charge on any atom is -0.353 e. The number of halogens is 1. The Morgan fingerprint density at radius 1 is 1.24 bits per heavy atom. The molecule has 4 heteroatoms. The zero-order valence-corrected chi connectivity index (χ0v) is 14.3. The molecule has 25 heavy (non-hydrogen) atoms. The van der Waals surface area contributed by atoms with Gasteiger partial charge < -0.3 is 9.88 Å². The second-order valence-electron chi connectivity index (χ2n) is 6.82. The topological polar surface area (TPSA) is 34.0 Å². The van der Waals surface area contributed by atoms with E-state index in [-0.39, 0.29) is 24.2 Å². The molecule has 0 saturated heterocycles. The molecule has 0 bridgehead atoms. The first kappa shape index (κ1) is 15.9. The number of carbonyl (C=O) groups excluding carboxylic acids is 1. The van der Waals surface area contributed by atoms with Crippen LogP contribution in [0.25, 0.3) is 10.9 Å². The summed E-state index contributed by atoms with van der Waals surface area (Å²) in [6.45, 7) is 0. The van der Waals surface area contributed by atoms with Crippen molar-refractivity contribution in [2.45, 2.75) is 31.7 Å². The standard InChI is InChI=1S/C21H21FN2O/c1-24-19-8-3-2-7-17(19)18-13-16(9-10-20(18)24)23-21(25)12-14-5-4-6-15(22)11-14/h2-8,11,16H,9-10,12-13H2,1H3,(H,23,25). The molecule has 128 valence electrons. The molecular formula is C21H21FN2O. The molecule has 1 aliphatic carbocycles. The maximum atomic E-state index is 13.3. The Kier molecular flexibility index (Phi) is 4.04. The van der Waals surface area contributed by atoms with Crippen LogP contribution in [0, 0.1) is 5.82 Å². The third kappa shape index (κ3) is 3.04. The molecule has 4 rings (SSSR count). The summed E-state index contributed by atoms with van der Waals surface area (Å²) >= 11 is 0. The predicted octanol–water partition coefficient (Wildman–Crippen LogP) is 3.53.